The van der Waals surface area contributed by atoms with Crippen LogP contribution >= 0.6 is 0 Å². The summed E-state index contributed by atoms with van der Waals surface area (Å²) >= 11 is 0. The Kier molecular flexibility index (Phi) is 10.1. The van der Waals surface area contributed by atoms with Crippen LogP contribution in [0.25, 0.3) is 0 Å². The van der Waals surface area contributed by atoms with Crippen LogP contribution in [0.4, 0.5) is 0 Å². The maximum absolute atomic E-state index is 13.2. The number of nitrogens with zero attached hydrogens (tertiary/aromatic N) is 1. The van der Waals surface area contributed by atoms with Crippen molar-refractivity contribution in [1.82, 2.24) is 4.90 Å². The number of hydrogen-bond acceptors (Lipinski definition) is 4. The average molecular weight is 444 g/mol. The van der Waals surface area contributed by atoms with E-state index in [2.05, 4.69) is 6.08 Å². The molecule has 3 rings (SSSR count). The highest BCUT2D eigenvalue weighted by atomic mass is 16.2. The topological polar surface area (TPSA) is 71.5 Å². The molecule has 1 saturated heterocycles. The van der Waals surface area contributed by atoms with Gasteiger partial charge in [0.2, 0.25) is 5.78 Å². The number of hydrogen-bond donors (Lipinski definition) is 0. The van der Waals surface area contributed by atoms with Crippen molar-refractivity contribution < 1.29 is 19.2 Å². The molecule has 1 saturated carbocycles. The Morgan fingerprint density at radius 1 is 0.688 bits per heavy atom. The lowest BCUT2D eigenvalue weighted by atomic mass is 9.73. The maximum atomic E-state index is 13.2. The second-order valence-electron chi connectivity index (χ2n) is 10.1. The molecular weight excluding hydrogens is 402 g/mol. The van der Waals surface area contributed by atoms with Crippen molar-refractivity contribution in [1.29, 1.82) is 0 Å². The van der Waals surface area contributed by atoms with E-state index in [1.807, 2.05) is 6.08 Å². The molecule has 2 bridgehead atoms. The summed E-state index contributed by atoms with van der Waals surface area (Å²) in [5.74, 6) is -0.488. The Morgan fingerprint density at radius 3 is 2.25 bits per heavy atom. The number of carbonyl (C=O) groups is 4. The number of fused-ring (bicyclic) bond motifs is 3. The number of carbonyl (C=O) groups excluding carboxylic acids is 4. The number of rotatable bonds is 0. The lowest BCUT2D eigenvalue weighted by molar-refractivity contribution is -0.150. The van der Waals surface area contributed by atoms with E-state index in [0.717, 1.165) is 77.0 Å². The Morgan fingerprint density at radius 2 is 1.41 bits per heavy atom. The number of piperidine rings is 1. The predicted molar refractivity (Wildman–Crippen MR) is 125 cm³/mol. The van der Waals surface area contributed by atoms with E-state index < -0.39 is 5.92 Å². The minimum Gasteiger partial charge on any atom is -0.336 e. The Hall–Kier alpha value is -1.78. The van der Waals surface area contributed by atoms with Crippen LogP contribution in [-0.4, -0.2) is 41.2 Å². The molecular formula is C27H41NO4. The molecule has 32 heavy (non-hydrogen) atoms. The normalized spacial score (nSPS) is 30.5. The van der Waals surface area contributed by atoms with Crippen molar-refractivity contribution in [2.75, 3.05) is 13.1 Å². The third-order valence-corrected chi connectivity index (χ3v) is 7.66. The molecule has 1 aliphatic carbocycles. The minimum absolute atomic E-state index is 0.146. The van der Waals surface area contributed by atoms with Gasteiger partial charge in [0.25, 0.3) is 5.91 Å². The van der Waals surface area contributed by atoms with Gasteiger partial charge in [-0.2, -0.15) is 0 Å². The average Bonchev–Trinajstić information content (AvgIpc) is 2.81. The van der Waals surface area contributed by atoms with Gasteiger partial charge >= 0.3 is 0 Å². The zero-order valence-corrected chi connectivity index (χ0v) is 19.7. The van der Waals surface area contributed by atoms with E-state index in [9.17, 15) is 19.2 Å². The largest absolute Gasteiger partial charge is 0.336 e. The molecule has 3 unspecified atom stereocenters. The van der Waals surface area contributed by atoms with Crippen LogP contribution in [0.3, 0.4) is 0 Å². The van der Waals surface area contributed by atoms with Gasteiger partial charge in [-0.25, -0.2) is 0 Å². The molecule has 0 N–H and O–H groups in total. The van der Waals surface area contributed by atoms with Crippen molar-refractivity contribution in [3.63, 3.8) is 0 Å². The number of allylic oxidation sites excluding steroid dienone is 2. The lowest BCUT2D eigenvalue weighted by Gasteiger charge is -2.35. The van der Waals surface area contributed by atoms with Crippen LogP contribution in [0.1, 0.15) is 103 Å². The van der Waals surface area contributed by atoms with E-state index >= 15 is 0 Å². The van der Waals surface area contributed by atoms with Crippen molar-refractivity contribution in [3.8, 4) is 0 Å². The molecule has 2 fully saturated rings. The fourth-order valence-electron chi connectivity index (χ4n) is 5.74. The highest BCUT2D eigenvalue weighted by molar-refractivity contribution is 6.37. The zero-order valence-electron chi connectivity index (χ0n) is 19.7. The SMILES string of the molecule is O=C1CC=CCCCCC2CCCN(C2)C(=O)C(=O)C2CCCCC2C(=O)CCCCC1. The predicted octanol–water partition coefficient (Wildman–Crippen LogP) is 5.21. The van der Waals surface area contributed by atoms with Gasteiger partial charge in [-0.15, -0.1) is 0 Å². The molecule has 2 heterocycles. The van der Waals surface area contributed by atoms with Gasteiger partial charge < -0.3 is 4.90 Å². The lowest BCUT2D eigenvalue weighted by Crippen LogP contribution is -2.47. The van der Waals surface area contributed by atoms with Crippen LogP contribution in [0.15, 0.2) is 12.2 Å². The minimum atomic E-state index is -0.425. The third-order valence-electron chi connectivity index (χ3n) is 7.66. The van der Waals surface area contributed by atoms with Gasteiger partial charge in [-0.05, 0) is 63.7 Å². The maximum Gasteiger partial charge on any atom is 0.290 e. The van der Waals surface area contributed by atoms with Crippen molar-refractivity contribution in [2.24, 2.45) is 17.8 Å². The first-order valence-electron chi connectivity index (χ1n) is 13.1. The van der Waals surface area contributed by atoms with Gasteiger partial charge in [0, 0.05) is 44.2 Å². The van der Waals surface area contributed by atoms with Crippen LogP contribution in [0.2, 0.25) is 0 Å². The second-order valence-corrected chi connectivity index (χ2v) is 10.1. The monoisotopic (exact) mass is 443 g/mol. The van der Waals surface area contributed by atoms with Gasteiger partial charge in [0.1, 0.15) is 11.6 Å². The van der Waals surface area contributed by atoms with E-state index in [1.165, 1.54) is 0 Å². The molecule has 0 spiro atoms. The first-order chi connectivity index (χ1) is 15.6. The number of Topliss-reactive ketones (excluding diaryl/α,β-unsaturated/α-hetero) is 3. The molecule has 178 valence electrons. The van der Waals surface area contributed by atoms with Gasteiger partial charge in [0.05, 0.1) is 0 Å². The summed E-state index contributed by atoms with van der Waals surface area (Å²) < 4.78 is 0. The van der Waals surface area contributed by atoms with Crippen molar-refractivity contribution >= 4 is 23.3 Å². The first-order valence-corrected chi connectivity index (χ1v) is 13.1. The molecule has 0 aromatic carbocycles. The Balaban J connectivity index is 1.66. The molecule has 0 aromatic heterocycles. The first kappa shape index (κ1) is 24.9. The van der Waals surface area contributed by atoms with Crippen LogP contribution < -0.4 is 0 Å². The number of ketones is 3. The summed E-state index contributed by atoms with van der Waals surface area (Å²) in [6.07, 6.45) is 17.8. The molecule has 3 aliphatic rings. The van der Waals surface area contributed by atoms with Crippen LogP contribution in [0, 0.1) is 17.8 Å². The Bertz CT molecular complexity index is 698. The van der Waals surface area contributed by atoms with Gasteiger partial charge in [0.15, 0.2) is 0 Å². The van der Waals surface area contributed by atoms with E-state index in [1.54, 1.807) is 4.90 Å². The highest BCUT2D eigenvalue weighted by Crippen LogP contribution is 2.34. The summed E-state index contributed by atoms with van der Waals surface area (Å²) in [5.41, 5.74) is 0. The quantitative estimate of drug-likeness (QED) is 0.381. The second kappa shape index (κ2) is 13.1. The van der Waals surface area contributed by atoms with E-state index in [-0.39, 0.29) is 29.2 Å². The summed E-state index contributed by atoms with van der Waals surface area (Å²) in [6, 6.07) is 0. The molecule has 1 amide bonds. The molecule has 0 radical (unpaired) electrons. The summed E-state index contributed by atoms with van der Waals surface area (Å²) in [5, 5.41) is 0. The molecule has 0 aromatic rings. The number of amides is 1. The van der Waals surface area contributed by atoms with Gasteiger partial charge in [-0.1, -0.05) is 37.8 Å². The molecule has 5 heteroatoms. The van der Waals surface area contributed by atoms with Gasteiger partial charge in [-0.3, -0.25) is 19.2 Å². The van der Waals surface area contributed by atoms with E-state index in [0.29, 0.717) is 44.7 Å². The van der Waals surface area contributed by atoms with Crippen LogP contribution in [0.5, 0.6) is 0 Å². The molecule has 5 nitrogen and oxygen atoms in total. The summed E-state index contributed by atoms with van der Waals surface area (Å²) in [7, 11) is 0. The molecule has 2 aliphatic heterocycles. The zero-order chi connectivity index (χ0) is 22.8. The third kappa shape index (κ3) is 7.38. The van der Waals surface area contributed by atoms with Crippen molar-refractivity contribution in [3.05, 3.63) is 12.2 Å². The Labute approximate surface area is 193 Å². The summed E-state index contributed by atoms with van der Waals surface area (Å²) in [4.78, 5) is 53.0. The van der Waals surface area contributed by atoms with Crippen LogP contribution in [-0.2, 0) is 19.2 Å². The highest BCUT2D eigenvalue weighted by Gasteiger charge is 2.40. The summed E-state index contributed by atoms with van der Waals surface area (Å²) in [6.45, 7) is 1.35. The fraction of sp³-hybridized carbons (Fsp3) is 0.778. The fourth-order valence-corrected chi connectivity index (χ4v) is 5.74. The smallest absolute Gasteiger partial charge is 0.290 e. The standard InChI is InChI=1S/C27H41NO4/c29-22-14-6-3-1-2-5-12-21-13-11-19-28(20-21)27(32)26(31)24-17-10-9-16-23(24)25(30)18-8-4-7-15-22/h3,6,21,23-24H,1-2,4-5,7-20H2. The molecule has 3 atom stereocenters. The van der Waals surface area contributed by atoms with Crippen molar-refractivity contribution in [2.45, 2.75) is 103 Å². The van der Waals surface area contributed by atoms with E-state index in [4.69, 9.17) is 0 Å².